The van der Waals surface area contributed by atoms with Crippen LogP contribution < -0.4 is 5.73 Å². The molecule has 0 aromatic rings. The molecule has 3 heteroatoms. The lowest BCUT2D eigenvalue weighted by Gasteiger charge is -2.38. The van der Waals surface area contributed by atoms with E-state index in [4.69, 9.17) is 15.2 Å². The van der Waals surface area contributed by atoms with Crippen LogP contribution in [-0.4, -0.2) is 32.0 Å². The van der Waals surface area contributed by atoms with Gasteiger partial charge in [-0.1, -0.05) is 0 Å². The van der Waals surface area contributed by atoms with Crippen LogP contribution in [0, 0.1) is 0 Å². The van der Waals surface area contributed by atoms with E-state index in [2.05, 4.69) is 0 Å². The Morgan fingerprint density at radius 1 is 1.38 bits per heavy atom. The van der Waals surface area contributed by atoms with Crippen molar-refractivity contribution in [2.24, 2.45) is 5.73 Å². The zero-order chi connectivity index (χ0) is 9.73. The first kappa shape index (κ1) is 11.0. The summed E-state index contributed by atoms with van der Waals surface area (Å²) in [7, 11) is 1.78. The van der Waals surface area contributed by atoms with Crippen LogP contribution in [-0.2, 0) is 9.47 Å². The maximum atomic E-state index is 5.75. The van der Waals surface area contributed by atoms with E-state index in [0.717, 1.165) is 32.3 Å². The molecule has 1 rings (SSSR count). The summed E-state index contributed by atoms with van der Waals surface area (Å²) in [5.41, 5.74) is 5.69. The second kappa shape index (κ2) is 4.94. The van der Waals surface area contributed by atoms with Gasteiger partial charge >= 0.3 is 0 Å². The van der Waals surface area contributed by atoms with Crippen molar-refractivity contribution < 1.29 is 9.47 Å². The van der Waals surface area contributed by atoms with Gasteiger partial charge in [-0.3, -0.25) is 0 Å². The summed E-state index contributed by atoms with van der Waals surface area (Å²) < 4.78 is 11.0. The lowest BCUT2D eigenvalue weighted by Crippen LogP contribution is -2.45. The van der Waals surface area contributed by atoms with E-state index < -0.39 is 0 Å². The number of methoxy groups -OCH3 is 1. The van der Waals surface area contributed by atoms with Gasteiger partial charge in [0.25, 0.3) is 0 Å². The van der Waals surface area contributed by atoms with E-state index in [0.29, 0.717) is 12.6 Å². The van der Waals surface area contributed by atoms with Crippen LogP contribution in [0.5, 0.6) is 0 Å². The Bertz CT molecular complexity index is 142. The summed E-state index contributed by atoms with van der Waals surface area (Å²) in [5.74, 6) is 0. The maximum Gasteiger partial charge on any atom is 0.0805 e. The summed E-state index contributed by atoms with van der Waals surface area (Å²) >= 11 is 0. The van der Waals surface area contributed by atoms with Gasteiger partial charge < -0.3 is 15.2 Å². The van der Waals surface area contributed by atoms with Gasteiger partial charge in [0.2, 0.25) is 0 Å². The first-order valence-corrected chi connectivity index (χ1v) is 5.13. The van der Waals surface area contributed by atoms with Crippen molar-refractivity contribution in [1.82, 2.24) is 0 Å². The minimum atomic E-state index is -0.0518. The summed E-state index contributed by atoms with van der Waals surface area (Å²) in [5, 5.41) is 0. The molecule has 0 spiro atoms. The molecule has 0 bridgehead atoms. The maximum absolute atomic E-state index is 5.75. The quantitative estimate of drug-likeness (QED) is 0.721. The number of hydrogen-bond donors (Lipinski definition) is 1. The van der Waals surface area contributed by atoms with Crippen molar-refractivity contribution in [3.8, 4) is 0 Å². The Morgan fingerprint density at radius 2 is 2.00 bits per heavy atom. The Hall–Kier alpha value is -0.120. The molecule has 0 heterocycles. The number of rotatable bonds is 4. The molecule has 0 atom stereocenters. The van der Waals surface area contributed by atoms with E-state index in [1.54, 1.807) is 7.11 Å². The van der Waals surface area contributed by atoms with Crippen molar-refractivity contribution in [3.63, 3.8) is 0 Å². The van der Waals surface area contributed by atoms with Gasteiger partial charge in [-0.05, 0) is 32.6 Å². The average Bonchev–Trinajstić information content (AvgIpc) is 2.19. The first-order valence-electron chi connectivity index (χ1n) is 5.13. The van der Waals surface area contributed by atoms with Crippen molar-refractivity contribution in [2.75, 3.05) is 20.3 Å². The number of ether oxygens (including phenoxy) is 2. The third kappa shape index (κ3) is 2.66. The highest BCUT2D eigenvalue weighted by molar-refractivity contribution is 4.88. The van der Waals surface area contributed by atoms with Crippen molar-refractivity contribution in [2.45, 2.75) is 44.3 Å². The molecule has 1 fully saturated rings. The molecule has 13 heavy (non-hydrogen) atoms. The predicted octanol–water partition coefficient (Wildman–Crippen LogP) is 1.31. The second-order valence-corrected chi connectivity index (χ2v) is 3.76. The van der Waals surface area contributed by atoms with Gasteiger partial charge in [0.15, 0.2) is 0 Å². The molecule has 0 aromatic heterocycles. The molecule has 1 aliphatic rings. The third-order valence-corrected chi connectivity index (χ3v) is 3.00. The van der Waals surface area contributed by atoms with Crippen LogP contribution in [0.15, 0.2) is 0 Å². The average molecular weight is 187 g/mol. The van der Waals surface area contributed by atoms with E-state index in [9.17, 15) is 0 Å². The number of hydrogen-bond acceptors (Lipinski definition) is 3. The van der Waals surface area contributed by atoms with Crippen molar-refractivity contribution >= 4 is 0 Å². The Labute approximate surface area is 80.6 Å². The van der Waals surface area contributed by atoms with Gasteiger partial charge in [-0.2, -0.15) is 0 Å². The molecular formula is C10H21NO2. The van der Waals surface area contributed by atoms with Gasteiger partial charge in [-0.15, -0.1) is 0 Å². The fraction of sp³-hybridized carbons (Fsp3) is 1.00. The molecule has 0 amide bonds. The van der Waals surface area contributed by atoms with Crippen LogP contribution in [0.25, 0.3) is 0 Å². The van der Waals surface area contributed by atoms with E-state index in [1.165, 1.54) is 0 Å². The van der Waals surface area contributed by atoms with Crippen LogP contribution in [0.2, 0.25) is 0 Å². The standard InChI is InChI=1S/C10H21NO2/c1-3-13-10(8-11)6-4-9(12-2)5-7-10/h9H,3-8,11H2,1-2H3. The second-order valence-electron chi connectivity index (χ2n) is 3.76. The monoisotopic (exact) mass is 187 g/mol. The van der Waals surface area contributed by atoms with Crippen LogP contribution >= 0.6 is 0 Å². The van der Waals surface area contributed by atoms with E-state index >= 15 is 0 Å². The molecule has 0 aliphatic heterocycles. The topological polar surface area (TPSA) is 44.5 Å². The summed E-state index contributed by atoms with van der Waals surface area (Å²) in [4.78, 5) is 0. The molecule has 0 radical (unpaired) electrons. The SMILES string of the molecule is CCOC1(CN)CCC(OC)CC1. The molecule has 78 valence electrons. The van der Waals surface area contributed by atoms with Gasteiger partial charge in [0.1, 0.15) is 0 Å². The van der Waals surface area contributed by atoms with Crippen LogP contribution in [0.3, 0.4) is 0 Å². The molecule has 1 saturated carbocycles. The fourth-order valence-corrected chi connectivity index (χ4v) is 2.07. The molecule has 0 saturated heterocycles. The molecule has 1 aliphatic carbocycles. The summed E-state index contributed by atoms with van der Waals surface area (Å²) in [6.45, 7) is 3.42. The first-order chi connectivity index (χ1) is 6.26. The summed E-state index contributed by atoms with van der Waals surface area (Å²) in [6, 6.07) is 0. The van der Waals surface area contributed by atoms with E-state index in [-0.39, 0.29) is 5.60 Å². The highest BCUT2D eigenvalue weighted by atomic mass is 16.5. The zero-order valence-electron chi connectivity index (χ0n) is 8.71. The Kier molecular flexibility index (Phi) is 4.16. The minimum absolute atomic E-state index is 0.0518. The Morgan fingerprint density at radius 3 is 2.38 bits per heavy atom. The fourth-order valence-electron chi connectivity index (χ4n) is 2.07. The smallest absolute Gasteiger partial charge is 0.0805 e. The van der Waals surface area contributed by atoms with Gasteiger partial charge in [-0.25, -0.2) is 0 Å². The van der Waals surface area contributed by atoms with Crippen molar-refractivity contribution in [1.29, 1.82) is 0 Å². The molecule has 2 N–H and O–H groups in total. The third-order valence-electron chi connectivity index (χ3n) is 3.00. The van der Waals surface area contributed by atoms with E-state index in [1.807, 2.05) is 6.92 Å². The van der Waals surface area contributed by atoms with Gasteiger partial charge in [0.05, 0.1) is 11.7 Å². The highest BCUT2D eigenvalue weighted by Gasteiger charge is 2.34. The molecule has 3 nitrogen and oxygen atoms in total. The highest BCUT2D eigenvalue weighted by Crippen LogP contribution is 2.31. The summed E-state index contributed by atoms with van der Waals surface area (Å²) in [6.07, 6.45) is 4.65. The predicted molar refractivity (Wildman–Crippen MR) is 52.7 cm³/mol. The van der Waals surface area contributed by atoms with Crippen LogP contribution in [0.4, 0.5) is 0 Å². The zero-order valence-corrected chi connectivity index (χ0v) is 8.71. The normalized spacial score (nSPS) is 34.8. The lowest BCUT2D eigenvalue weighted by atomic mass is 9.83. The van der Waals surface area contributed by atoms with Crippen LogP contribution in [0.1, 0.15) is 32.6 Å². The van der Waals surface area contributed by atoms with Gasteiger partial charge in [0, 0.05) is 20.3 Å². The number of nitrogens with two attached hydrogens (primary N) is 1. The Balaban J connectivity index is 2.42. The largest absolute Gasteiger partial charge is 0.381 e. The lowest BCUT2D eigenvalue weighted by molar-refractivity contribution is -0.0837. The molecular weight excluding hydrogens is 166 g/mol. The minimum Gasteiger partial charge on any atom is -0.381 e. The molecule has 0 unspecified atom stereocenters. The molecule has 0 aromatic carbocycles. The van der Waals surface area contributed by atoms with Crippen molar-refractivity contribution in [3.05, 3.63) is 0 Å².